The topological polar surface area (TPSA) is 49.4 Å². The zero-order valence-corrected chi connectivity index (χ0v) is 13.7. The fraction of sp³-hybridized carbons (Fsp3) is 1.00. The lowest BCUT2D eigenvalue weighted by molar-refractivity contribution is 0.0102. The summed E-state index contributed by atoms with van der Waals surface area (Å²) in [6.07, 6.45) is 3.48. The van der Waals surface area contributed by atoms with E-state index in [4.69, 9.17) is 0 Å². The normalized spacial score (nSPS) is 42.2. The highest BCUT2D eigenvalue weighted by Gasteiger charge is 2.49. The van der Waals surface area contributed by atoms with Gasteiger partial charge in [-0.2, -0.15) is 0 Å². The molecule has 116 valence electrons. The van der Waals surface area contributed by atoms with Crippen molar-refractivity contribution in [1.82, 2.24) is 10.2 Å². The summed E-state index contributed by atoms with van der Waals surface area (Å²) in [5, 5.41) is 3.71. The quantitative estimate of drug-likeness (QED) is 0.853. The van der Waals surface area contributed by atoms with Crippen molar-refractivity contribution in [2.45, 2.75) is 57.7 Å². The number of nitrogens with zero attached hydrogens (tertiary/aromatic N) is 1. The minimum absolute atomic E-state index is 0.150. The number of hydrogen-bond acceptors (Lipinski definition) is 4. The average Bonchev–Trinajstić information content (AvgIpc) is 3.16. The van der Waals surface area contributed by atoms with Gasteiger partial charge in [-0.25, -0.2) is 8.42 Å². The zero-order valence-electron chi connectivity index (χ0n) is 12.9. The molecule has 3 unspecified atom stereocenters. The van der Waals surface area contributed by atoms with Crippen LogP contribution < -0.4 is 5.32 Å². The van der Waals surface area contributed by atoms with Gasteiger partial charge in [0.15, 0.2) is 9.84 Å². The summed E-state index contributed by atoms with van der Waals surface area (Å²) >= 11 is 0. The second kappa shape index (κ2) is 4.96. The first-order chi connectivity index (χ1) is 9.31. The molecule has 2 aliphatic heterocycles. The molecule has 1 N–H and O–H groups in total. The number of piperazine rings is 1. The van der Waals surface area contributed by atoms with Gasteiger partial charge in [0, 0.05) is 30.7 Å². The summed E-state index contributed by atoms with van der Waals surface area (Å²) < 4.78 is 23.9. The lowest BCUT2D eigenvalue weighted by atomic mass is 9.89. The van der Waals surface area contributed by atoms with Crippen LogP contribution in [0, 0.1) is 11.8 Å². The molecule has 0 radical (unpaired) electrons. The zero-order chi connectivity index (χ0) is 14.5. The minimum atomic E-state index is -2.84. The van der Waals surface area contributed by atoms with Gasteiger partial charge in [0.05, 0.1) is 11.5 Å². The predicted octanol–water partition coefficient (Wildman–Crippen LogP) is 1.27. The molecule has 3 atom stereocenters. The standard InChI is InChI=1S/C15H28N2O2S/c1-11(2)14-8-16-13(12-4-5-12)9-17(14)15(3)6-7-20(18,19)10-15/h11-14,16H,4-10H2,1-3H3. The second-order valence-corrected chi connectivity index (χ2v) is 9.84. The molecule has 5 heteroatoms. The molecule has 2 saturated heterocycles. The molecular weight excluding hydrogens is 272 g/mol. The molecule has 0 bridgehead atoms. The third-order valence-corrected chi connectivity index (χ3v) is 7.41. The molecule has 20 heavy (non-hydrogen) atoms. The highest BCUT2D eigenvalue weighted by molar-refractivity contribution is 7.91. The smallest absolute Gasteiger partial charge is 0.152 e. The molecule has 0 aromatic rings. The van der Waals surface area contributed by atoms with E-state index in [0.29, 0.717) is 29.5 Å². The largest absolute Gasteiger partial charge is 0.311 e. The highest BCUT2D eigenvalue weighted by Crippen LogP contribution is 2.39. The van der Waals surface area contributed by atoms with E-state index in [-0.39, 0.29) is 5.54 Å². The molecule has 0 amide bonds. The van der Waals surface area contributed by atoms with Crippen molar-refractivity contribution in [3.05, 3.63) is 0 Å². The van der Waals surface area contributed by atoms with Gasteiger partial charge in [-0.3, -0.25) is 4.90 Å². The summed E-state index contributed by atoms with van der Waals surface area (Å²) in [6.45, 7) is 8.71. The van der Waals surface area contributed by atoms with E-state index in [0.717, 1.165) is 25.4 Å². The van der Waals surface area contributed by atoms with Crippen LogP contribution in [-0.4, -0.2) is 55.5 Å². The Bertz CT molecular complexity index is 472. The fourth-order valence-corrected chi connectivity index (χ4v) is 6.20. The van der Waals surface area contributed by atoms with E-state index in [2.05, 4.69) is 31.0 Å². The number of sulfone groups is 1. The van der Waals surface area contributed by atoms with Crippen molar-refractivity contribution in [2.24, 2.45) is 11.8 Å². The minimum Gasteiger partial charge on any atom is -0.311 e. The van der Waals surface area contributed by atoms with Crippen LogP contribution in [0.4, 0.5) is 0 Å². The Labute approximate surface area is 123 Å². The molecule has 3 rings (SSSR count). The Morgan fingerprint density at radius 3 is 2.50 bits per heavy atom. The van der Waals surface area contributed by atoms with Crippen LogP contribution in [0.25, 0.3) is 0 Å². The lowest BCUT2D eigenvalue weighted by Crippen LogP contribution is -2.65. The van der Waals surface area contributed by atoms with E-state index >= 15 is 0 Å². The van der Waals surface area contributed by atoms with E-state index in [1.165, 1.54) is 12.8 Å². The molecule has 0 spiro atoms. The molecule has 2 heterocycles. The summed E-state index contributed by atoms with van der Waals surface area (Å²) in [4.78, 5) is 2.54. The Kier molecular flexibility index (Phi) is 3.67. The van der Waals surface area contributed by atoms with Gasteiger partial charge in [-0.1, -0.05) is 13.8 Å². The van der Waals surface area contributed by atoms with Crippen LogP contribution in [0.3, 0.4) is 0 Å². The predicted molar refractivity (Wildman–Crippen MR) is 81.5 cm³/mol. The Hall–Kier alpha value is -0.130. The van der Waals surface area contributed by atoms with Crippen LogP contribution in [0.1, 0.15) is 40.0 Å². The summed E-state index contributed by atoms with van der Waals surface area (Å²) in [6, 6.07) is 1.04. The summed E-state index contributed by atoms with van der Waals surface area (Å²) in [5.41, 5.74) is -0.150. The Balaban J connectivity index is 1.81. The monoisotopic (exact) mass is 300 g/mol. The number of rotatable bonds is 3. The third kappa shape index (κ3) is 2.77. The molecule has 1 saturated carbocycles. The maximum atomic E-state index is 12.0. The van der Waals surface area contributed by atoms with Crippen LogP contribution >= 0.6 is 0 Å². The van der Waals surface area contributed by atoms with Gasteiger partial charge >= 0.3 is 0 Å². The first-order valence-electron chi connectivity index (χ1n) is 8.01. The average molecular weight is 300 g/mol. The molecule has 3 fully saturated rings. The van der Waals surface area contributed by atoms with Crippen LogP contribution in [0.5, 0.6) is 0 Å². The lowest BCUT2D eigenvalue weighted by Gasteiger charge is -2.50. The highest BCUT2D eigenvalue weighted by atomic mass is 32.2. The van der Waals surface area contributed by atoms with Crippen LogP contribution in [0.2, 0.25) is 0 Å². The summed E-state index contributed by atoms with van der Waals surface area (Å²) in [5.74, 6) is 2.10. The van der Waals surface area contributed by atoms with Crippen molar-refractivity contribution >= 4 is 9.84 Å². The van der Waals surface area contributed by atoms with Crippen LogP contribution in [-0.2, 0) is 9.84 Å². The van der Waals surface area contributed by atoms with Crippen molar-refractivity contribution in [2.75, 3.05) is 24.6 Å². The molecule has 4 nitrogen and oxygen atoms in total. The van der Waals surface area contributed by atoms with Crippen molar-refractivity contribution < 1.29 is 8.42 Å². The van der Waals surface area contributed by atoms with Crippen molar-refractivity contribution in [3.8, 4) is 0 Å². The van der Waals surface area contributed by atoms with E-state index in [1.807, 2.05) is 0 Å². The molecule has 0 aromatic heterocycles. The molecule has 0 aromatic carbocycles. The third-order valence-electron chi connectivity index (χ3n) is 5.52. The maximum absolute atomic E-state index is 12.0. The van der Waals surface area contributed by atoms with Gasteiger partial charge in [0.25, 0.3) is 0 Å². The van der Waals surface area contributed by atoms with Gasteiger partial charge in [-0.15, -0.1) is 0 Å². The molecular formula is C15H28N2O2S. The number of nitrogens with one attached hydrogen (secondary N) is 1. The van der Waals surface area contributed by atoms with Crippen LogP contribution in [0.15, 0.2) is 0 Å². The molecule has 3 aliphatic rings. The van der Waals surface area contributed by atoms with E-state index < -0.39 is 9.84 Å². The Morgan fingerprint density at radius 1 is 1.30 bits per heavy atom. The van der Waals surface area contributed by atoms with Gasteiger partial charge < -0.3 is 5.32 Å². The second-order valence-electron chi connectivity index (χ2n) is 7.65. The number of hydrogen-bond donors (Lipinski definition) is 1. The first-order valence-corrected chi connectivity index (χ1v) is 9.83. The van der Waals surface area contributed by atoms with Gasteiger partial charge in [-0.05, 0) is 38.0 Å². The maximum Gasteiger partial charge on any atom is 0.152 e. The van der Waals surface area contributed by atoms with Gasteiger partial charge in [0.1, 0.15) is 0 Å². The van der Waals surface area contributed by atoms with Gasteiger partial charge in [0.2, 0.25) is 0 Å². The molecule has 1 aliphatic carbocycles. The van der Waals surface area contributed by atoms with Crippen molar-refractivity contribution in [1.29, 1.82) is 0 Å². The van der Waals surface area contributed by atoms with E-state index in [1.54, 1.807) is 0 Å². The van der Waals surface area contributed by atoms with Crippen molar-refractivity contribution in [3.63, 3.8) is 0 Å². The summed E-state index contributed by atoms with van der Waals surface area (Å²) in [7, 11) is -2.84. The SMILES string of the molecule is CC(C)C1CNC(C2CC2)CN1C1(C)CCS(=O)(=O)C1. The van der Waals surface area contributed by atoms with E-state index in [9.17, 15) is 8.42 Å². The Morgan fingerprint density at radius 2 is 2.00 bits per heavy atom. The first kappa shape index (κ1) is 14.8. The fourth-order valence-electron chi connectivity index (χ4n) is 4.04.